The zero-order valence-electron chi connectivity index (χ0n) is 40.3. The maximum atomic E-state index is 5.89. The minimum Gasteiger partial charge on any atom is -0.494 e. The standard InChI is InChI=1S/C29H44N2O.C28H42N2O/c1-3-5-6-7-8-9-21-32-28-19-17-27(18-20-28)29-30-22-26(23-31-29)16-15-25-13-11-24(10-4-2)12-14-25;1-3-5-6-7-8-9-20-31-27-18-16-26(17-19-27)28-29-21-25(22-30-28)15-14-24-12-10-23(4-2)11-13-24/h17-20,22-25H,3-16,21H2,1-2H3;16-19,21-24H,3-15,20H2,1-2H3. The average Bonchev–Trinajstić information content (AvgIpc) is 3.34. The Bertz CT molecular complexity index is 1710. The van der Waals surface area contributed by atoms with Crippen LogP contribution in [0.4, 0.5) is 0 Å². The van der Waals surface area contributed by atoms with Crippen molar-refractivity contribution in [2.75, 3.05) is 13.2 Å². The largest absolute Gasteiger partial charge is 0.494 e. The number of aryl methyl sites for hydroxylation is 2. The van der Waals surface area contributed by atoms with Crippen LogP contribution < -0.4 is 9.47 Å². The van der Waals surface area contributed by atoms with Crippen molar-refractivity contribution < 1.29 is 9.47 Å². The molecule has 2 heterocycles. The van der Waals surface area contributed by atoms with Crippen molar-refractivity contribution in [3.63, 3.8) is 0 Å². The highest BCUT2D eigenvalue weighted by Gasteiger charge is 2.21. The molecule has 6 rings (SSSR count). The van der Waals surface area contributed by atoms with E-state index >= 15 is 0 Å². The molecule has 2 saturated carbocycles. The molecule has 0 aliphatic heterocycles. The summed E-state index contributed by atoms with van der Waals surface area (Å²) in [6.07, 6.45) is 43.8. The number of benzene rings is 2. The molecular weight excluding hydrogens is 773 g/mol. The van der Waals surface area contributed by atoms with E-state index in [4.69, 9.17) is 9.47 Å². The van der Waals surface area contributed by atoms with Crippen LogP contribution in [0.25, 0.3) is 22.8 Å². The Hall–Kier alpha value is -3.80. The number of hydrogen-bond acceptors (Lipinski definition) is 6. The normalized spacial score (nSPS) is 18.7. The van der Waals surface area contributed by atoms with Crippen molar-refractivity contribution in [1.82, 2.24) is 19.9 Å². The molecule has 0 spiro atoms. The van der Waals surface area contributed by atoms with Crippen LogP contribution >= 0.6 is 0 Å². The lowest BCUT2D eigenvalue weighted by atomic mass is 9.78. The van der Waals surface area contributed by atoms with E-state index in [2.05, 4.69) is 71.9 Å². The molecule has 6 nitrogen and oxygen atoms in total. The molecule has 4 aromatic rings. The Labute approximate surface area is 384 Å². The van der Waals surface area contributed by atoms with Crippen LogP contribution in [0, 0.1) is 23.7 Å². The molecular formula is C57H86N4O2. The lowest BCUT2D eigenvalue weighted by Gasteiger charge is -2.28. The first-order valence-electron chi connectivity index (χ1n) is 26.1. The highest BCUT2D eigenvalue weighted by Crippen LogP contribution is 2.35. The van der Waals surface area contributed by atoms with Gasteiger partial charge in [-0.1, -0.05) is 163 Å². The van der Waals surface area contributed by atoms with Crippen LogP contribution in [0.1, 0.15) is 199 Å². The third-order valence-electron chi connectivity index (χ3n) is 14.1. The Morgan fingerprint density at radius 2 is 0.746 bits per heavy atom. The first-order valence-corrected chi connectivity index (χ1v) is 26.1. The van der Waals surface area contributed by atoms with E-state index in [1.165, 1.54) is 159 Å². The maximum absolute atomic E-state index is 5.89. The highest BCUT2D eigenvalue weighted by molar-refractivity contribution is 5.56. The van der Waals surface area contributed by atoms with E-state index in [0.717, 1.165) is 96.8 Å². The van der Waals surface area contributed by atoms with Crippen LogP contribution in [0.5, 0.6) is 11.5 Å². The first kappa shape index (κ1) is 50.2. The van der Waals surface area contributed by atoms with Gasteiger partial charge in [-0.2, -0.15) is 0 Å². The van der Waals surface area contributed by atoms with Gasteiger partial charge in [0.1, 0.15) is 11.5 Å². The zero-order valence-corrected chi connectivity index (χ0v) is 40.3. The predicted molar refractivity (Wildman–Crippen MR) is 265 cm³/mol. The lowest BCUT2D eigenvalue weighted by Crippen LogP contribution is -2.15. The minimum absolute atomic E-state index is 0.801. The van der Waals surface area contributed by atoms with Gasteiger partial charge in [0.2, 0.25) is 0 Å². The second kappa shape index (κ2) is 30.4. The lowest BCUT2D eigenvalue weighted by molar-refractivity contribution is 0.252. The summed E-state index contributed by atoms with van der Waals surface area (Å²) in [6, 6.07) is 16.4. The molecule has 2 aromatic carbocycles. The molecule has 2 aliphatic carbocycles. The molecule has 0 amide bonds. The second-order valence-corrected chi connectivity index (χ2v) is 19.2. The monoisotopic (exact) mass is 859 g/mol. The fourth-order valence-electron chi connectivity index (χ4n) is 9.70. The van der Waals surface area contributed by atoms with Crippen LogP contribution in [0.15, 0.2) is 73.3 Å². The summed E-state index contributed by atoms with van der Waals surface area (Å²) in [5.41, 5.74) is 4.64. The molecule has 0 N–H and O–H groups in total. The summed E-state index contributed by atoms with van der Waals surface area (Å²) in [5.74, 6) is 7.24. The first-order chi connectivity index (χ1) is 31.1. The van der Waals surface area contributed by atoms with Gasteiger partial charge in [0.25, 0.3) is 0 Å². The van der Waals surface area contributed by atoms with Crippen molar-refractivity contribution in [3.05, 3.63) is 84.4 Å². The molecule has 2 aromatic heterocycles. The van der Waals surface area contributed by atoms with Crippen molar-refractivity contribution in [3.8, 4) is 34.3 Å². The van der Waals surface area contributed by atoms with Crippen LogP contribution in [-0.2, 0) is 12.8 Å². The summed E-state index contributed by atoms with van der Waals surface area (Å²) in [4.78, 5) is 18.5. The fourth-order valence-corrected chi connectivity index (χ4v) is 9.70. The molecule has 2 fully saturated rings. The summed E-state index contributed by atoms with van der Waals surface area (Å²) in [5, 5.41) is 0. The Kier molecular flexibility index (Phi) is 24.2. The minimum atomic E-state index is 0.801. The van der Waals surface area contributed by atoms with Crippen molar-refractivity contribution >= 4 is 0 Å². The Morgan fingerprint density at radius 1 is 0.397 bits per heavy atom. The van der Waals surface area contributed by atoms with Crippen LogP contribution in [-0.4, -0.2) is 33.1 Å². The second-order valence-electron chi connectivity index (χ2n) is 19.2. The quantitative estimate of drug-likeness (QED) is 0.0556. The molecule has 0 radical (unpaired) electrons. The summed E-state index contributed by atoms with van der Waals surface area (Å²) in [6.45, 7) is 10.8. The predicted octanol–water partition coefficient (Wildman–Crippen LogP) is 16.5. The van der Waals surface area contributed by atoms with Gasteiger partial charge in [-0.15, -0.1) is 0 Å². The van der Waals surface area contributed by atoms with Gasteiger partial charge in [-0.3, -0.25) is 0 Å². The Balaban J connectivity index is 0.000000238. The maximum Gasteiger partial charge on any atom is 0.159 e. The average molecular weight is 859 g/mol. The number of rotatable bonds is 27. The summed E-state index contributed by atoms with van der Waals surface area (Å²) >= 11 is 0. The molecule has 6 heteroatoms. The van der Waals surface area contributed by atoms with Crippen LogP contribution in [0.2, 0.25) is 0 Å². The van der Waals surface area contributed by atoms with Gasteiger partial charge in [-0.25, -0.2) is 19.9 Å². The fraction of sp³-hybridized carbons (Fsp3) is 0.649. The van der Waals surface area contributed by atoms with Gasteiger partial charge < -0.3 is 9.47 Å². The van der Waals surface area contributed by atoms with Crippen molar-refractivity contribution in [2.45, 2.75) is 201 Å². The van der Waals surface area contributed by atoms with E-state index in [1.807, 2.05) is 49.1 Å². The van der Waals surface area contributed by atoms with E-state index in [0.29, 0.717) is 0 Å². The SMILES string of the molecule is CCCCCCCCOc1ccc(-c2ncc(CCC3CCC(CC)CC3)cn2)cc1.CCCCCCCCOc1ccc(-c2ncc(CCC3CCC(CCC)CC3)cn2)cc1. The van der Waals surface area contributed by atoms with Gasteiger partial charge in [0.05, 0.1) is 13.2 Å². The molecule has 2 aliphatic rings. The van der Waals surface area contributed by atoms with Gasteiger partial charge in [0, 0.05) is 35.9 Å². The Morgan fingerprint density at radius 3 is 1.11 bits per heavy atom. The number of nitrogens with zero attached hydrogens (tertiary/aromatic N) is 4. The third kappa shape index (κ3) is 19.5. The summed E-state index contributed by atoms with van der Waals surface area (Å²) < 4.78 is 11.8. The van der Waals surface area contributed by atoms with Gasteiger partial charge in [-0.05, 0) is 122 Å². The molecule has 0 bridgehead atoms. The van der Waals surface area contributed by atoms with Gasteiger partial charge in [0.15, 0.2) is 11.6 Å². The van der Waals surface area contributed by atoms with Gasteiger partial charge >= 0.3 is 0 Å². The molecule has 346 valence electrons. The number of unbranched alkanes of at least 4 members (excludes halogenated alkanes) is 10. The van der Waals surface area contributed by atoms with E-state index in [1.54, 1.807) is 0 Å². The van der Waals surface area contributed by atoms with E-state index in [-0.39, 0.29) is 0 Å². The smallest absolute Gasteiger partial charge is 0.159 e. The van der Waals surface area contributed by atoms with E-state index < -0.39 is 0 Å². The topological polar surface area (TPSA) is 70.0 Å². The molecule has 0 unspecified atom stereocenters. The third-order valence-corrected chi connectivity index (χ3v) is 14.1. The molecule has 0 atom stereocenters. The number of aromatic nitrogens is 4. The number of ether oxygens (including phenoxy) is 2. The molecule has 63 heavy (non-hydrogen) atoms. The zero-order chi connectivity index (χ0) is 44.2. The van der Waals surface area contributed by atoms with Crippen molar-refractivity contribution in [2.24, 2.45) is 23.7 Å². The summed E-state index contributed by atoms with van der Waals surface area (Å²) in [7, 11) is 0. The highest BCUT2D eigenvalue weighted by atomic mass is 16.5. The molecule has 0 saturated heterocycles. The van der Waals surface area contributed by atoms with Crippen molar-refractivity contribution in [1.29, 1.82) is 0 Å². The van der Waals surface area contributed by atoms with Crippen LogP contribution in [0.3, 0.4) is 0 Å². The number of hydrogen-bond donors (Lipinski definition) is 0. The van der Waals surface area contributed by atoms with E-state index in [9.17, 15) is 0 Å².